The number of likely N-dealkylation sites (tertiary alicyclic amines) is 1. The number of aromatic nitrogens is 3. The Balaban J connectivity index is 1.61. The van der Waals surface area contributed by atoms with Crippen LogP contribution in [-0.2, 0) is 17.9 Å². The van der Waals surface area contributed by atoms with Crippen molar-refractivity contribution >= 4 is 5.91 Å². The van der Waals surface area contributed by atoms with E-state index in [4.69, 9.17) is 0 Å². The lowest BCUT2D eigenvalue weighted by molar-refractivity contribution is -0.159. The fourth-order valence-corrected chi connectivity index (χ4v) is 4.28. The summed E-state index contributed by atoms with van der Waals surface area (Å²) in [6.07, 6.45) is 1.19. The Kier molecular flexibility index (Phi) is 4.28. The lowest BCUT2D eigenvalue weighted by atomic mass is 9.92. The van der Waals surface area contributed by atoms with Crippen molar-refractivity contribution < 1.29 is 13.6 Å². The monoisotopic (exact) mass is 424 g/mol. The smallest absolute Gasteiger partial charge is 0.330 e. The summed E-state index contributed by atoms with van der Waals surface area (Å²) in [4.78, 5) is 39.7. The highest BCUT2D eigenvalue weighted by molar-refractivity contribution is 5.88. The van der Waals surface area contributed by atoms with Crippen LogP contribution in [0.15, 0.2) is 81.9 Å². The van der Waals surface area contributed by atoms with Gasteiger partial charge in [0.2, 0.25) is 0 Å². The van der Waals surface area contributed by atoms with Crippen LogP contribution < -0.4 is 11.4 Å². The molecule has 0 saturated carbocycles. The number of amides is 1. The average molecular weight is 424 g/mol. The Morgan fingerprint density at radius 2 is 1.55 bits per heavy atom. The minimum absolute atomic E-state index is 0.0164. The summed E-state index contributed by atoms with van der Waals surface area (Å²) in [6.45, 7) is -0.355. The summed E-state index contributed by atoms with van der Waals surface area (Å²) in [5.41, 5.74) is -0.707. The van der Waals surface area contributed by atoms with Crippen LogP contribution in [0.4, 0.5) is 8.78 Å². The van der Waals surface area contributed by atoms with Crippen LogP contribution in [0, 0.1) is 0 Å². The number of para-hydroxylation sites is 1. The third-order valence-corrected chi connectivity index (χ3v) is 5.74. The quantitative estimate of drug-likeness (QED) is 0.604. The molecule has 2 aliphatic heterocycles. The minimum Gasteiger partial charge on any atom is -0.330 e. The van der Waals surface area contributed by atoms with E-state index in [0.717, 1.165) is 18.8 Å². The standard InChI is InChI=1S/C22H18F2N4O3/c23-22(24)17-11-12-26-20(30)27(16-9-5-2-6-10-16)21(31)28(26)18(17)14-25(19(22)29)13-15-7-3-1-4-8-15/h1-11,18H,12-14H2. The first-order chi connectivity index (χ1) is 14.9. The van der Waals surface area contributed by atoms with E-state index in [2.05, 4.69) is 0 Å². The Morgan fingerprint density at radius 3 is 2.23 bits per heavy atom. The fraction of sp³-hybridized carbons (Fsp3) is 0.227. The van der Waals surface area contributed by atoms with E-state index in [9.17, 15) is 14.4 Å². The molecule has 3 aromatic rings. The maximum atomic E-state index is 15.1. The number of benzene rings is 2. The molecule has 0 spiro atoms. The van der Waals surface area contributed by atoms with Gasteiger partial charge in [0.1, 0.15) is 6.04 Å². The van der Waals surface area contributed by atoms with E-state index in [1.165, 1.54) is 6.08 Å². The van der Waals surface area contributed by atoms with Crippen molar-refractivity contribution in [2.75, 3.05) is 6.54 Å². The molecule has 1 atom stereocenters. The van der Waals surface area contributed by atoms with E-state index in [-0.39, 0.29) is 19.6 Å². The first-order valence-electron chi connectivity index (χ1n) is 9.81. The average Bonchev–Trinajstić information content (AvgIpc) is 3.03. The van der Waals surface area contributed by atoms with Gasteiger partial charge in [-0.05, 0) is 17.7 Å². The molecule has 1 fully saturated rings. The zero-order valence-corrected chi connectivity index (χ0v) is 16.3. The maximum Gasteiger partial charge on any atom is 0.352 e. The van der Waals surface area contributed by atoms with E-state index in [0.29, 0.717) is 11.3 Å². The number of piperidine rings is 1. The van der Waals surface area contributed by atoms with Gasteiger partial charge in [-0.15, -0.1) is 0 Å². The van der Waals surface area contributed by atoms with E-state index < -0.39 is 34.8 Å². The molecular weight excluding hydrogens is 406 g/mol. The van der Waals surface area contributed by atoms with Crippen molar-refractivity contribution in [3.05, 3.63) is 98.8 Å². The van der Waals surface area contributed by atoms with Crippen LogP contribution in [0.3, 0.4) is 0 Å². The van der Waals surface area contributed by atoms with Crippen molar-refractivity contribution in [1.82, 2.24) is 18.8 Å². The Hall–Kier alpha value is -3.75. The van der Waals surface area contributed by atoms with Crippen molar-refractivity contribution in [3.8, 4) is 5.69 Å². The summed E-state index contributed by atoms with van der Waals surface area (Å²) in [6, 6.07) is 16.0. The molecule has 7 nitrogen and oxygen atoms in total. The summed E-state index contributed by atoms with van der Waals surface area (Å²) in [7, 11) is 0. The predicted octanol–water partition coefficient (Wildman–Crippen LogP) is 1.96. The zero-order chi connectivity index (χ0) is 21.8. The molecular formula is C22H18F2N4O3. The van der Waals surface area contributed by atoms with Gasteiger partial charge in [-0.1, -0.05) is 54.6 Å². The molecule has 1 saturated heterocycles. The normalized spacial score (nSPS) is 19.5. The molecule has 31 heavy (non-hydrogen) atoms. The first-order valence-corrected chi connectivity index (χ1v) is 9.81. The van der Waals surface area contributed by atoms with Gasteiger partial charge in [0.25, 0.3) is 5.91 Å². The third kappa shape index (κ3) is 2.88. The Morgan fingerprint density at radius 1 is 0.903 bits per heavy atom. The van der Waals surface area contributed by atoms with Gasteiger partial charge in [-0.25, -0.2) is 23.5 Å². The molecule has 158 valence electrons. The highest BCUT2D eigenvalue weighted by Gasteiger charge is 2.55. The largest absolute Gasteiger partial charge is 0.352 e. The lowest BCUT2D eigenvalue weighted by Crippen LogP contribution is -2.56. The lowest BCUT2D eigenvalue weighted by Gasteiger charge is -2.41. The van der Waals surface area contributed by atoms with Crippen LogP contribution in [0.25, 0.3) is 5.69 Å². The Bertz CT molecular complexity index is 1310. The van der Waals surface area contributed by atoms with Gasteiger partial charge in [0.05, 0.1) is 12.2 Å². The molecule has 2 aliphatic rings. The molecule has 5 rings (SSSR count). The van der Waals surface area contributed by atoms with Crippen molar-refractivity contribution in [2.24, 2.45) is 0 Å². The summed E-state index contributed by atoms with van der Waals surface area (Å²) in [5.74, 6) is -5.06. The van der Waals surface area contributed by atoms with Gasteiger partial charge in [0.15, 0.2) is 0 Å². The molecule has 2 aromatic carbocycles. The van der Waals surface area contributed by atoms with Crippen LogP contribution in [0.1, 0.15) is 11.6 Å². The number of hydrogen-bond donors (Lipinski definition) is 0. The molecule has 9 heteroatoms. The van der Waals surface area contributed by atoms with Crippen LogP contribution in [0.2, 0.25) is 0 Å². The maximum absolute atomic E-state index is 15.1. The second-order valence-electron chi connectivity index (χ2n) is 7.58. The van der Waals surface area contributed by atoms with Crippen molar-refractivity contribution in [2.45, 2.75) is 25.1 Å². The van der Waals surface area contributed by atoms with E-state index in [1.807, 2.05) is 0 Å². The number of carbonyl (C=O) groups is 1. The molecule has 0 radical (unpaired) electrons. The second-order valence-corrected chi connectivity index (χ2v) is 7.58. The predicted molar refractivity (Wildman–Crippen MR) is 108 cm³/mol. The fourth-order valence-electron chi connectivity index (χ4n) is 4.28. The van der Waals surface area contributed by atoms with Gasteiger partial charge in [-0.2, -0.15) is 8.78 Å². The van der Waals surface area contributed by atoms with Gasteiger partial charge in [0, 0.05) is 18.7 Å². The number of allylic oxidation sites excluding steroid dienone is 1. The Labute approximate surface area is 175 Å². The summed E-state index contributed by atoms with van der Waals surface area (Å²) < 4.78 is 33.3. The number of alkyl halides is 2. The second kappa shape index (κ2) is 6.90. The minimum atomic E-state index is -3.76. The third-order valence-electron chi connectivity index (χ3n) is 5.74. The molecule has 0 aliphatic carbocycles. The van der Waals surface area contributed by atoms with Crippen LogP contribution >= 0.6 is 0 Å². The van der Waals surface area contributed by atoms with Crippen molar-refractivity contribution in [3.63, 3.8) is 0 Å². The SMILES string of the molecule is O=C1N(Cc2ccccc2)CC2C(=CCn3c(=O)n(-c4ccccc4)c(=O)n32)C1(F)F. The molecule has 1 unspecified atom stereocenters. The van der Waals surface area contributed by atoms with Crippen molar-refractivity contribution in [1.29, 1.82) is 0 Å². The number of hydrogen-bond acceptors (Lipinski definition) is 3. The number of carbonyl (C=O) groups excluding carboxylic acids is 1. The van der Waals surface area contributed by atoms with Gasteiger partial charge in [-0.3, -0.25) is 4.79 Å². The van der Waals surface area contributed by atoms with Gasteiger partial charge >= 0.3 is 17.3 Å². The topological polar surface area (TPSA) is 69.2 Å². The highest BCUT2D eigenvalue weighted by atomic mass is 19.3. The number of nitrogens with zero attached hydrogens (tertiary/aromatic N) is 4. The van der Waals surface area contributed by atoms with E-state index >= 15 is 8.78 Å². The first kappa shape index (κ1) is 19.2. The summed E-state index contributed by atoms with van der Waals surface area (Å²) >= 11 is 0. The zero-order valence-electron chi connectivity index (χ0n) is 16.3. The molecule has 3 heterocycles. The number of halogens is 2. The van der Waals surface area contributed by atoms with Crippen LogP contribution in [-0.4, -0.2) is 37.2 Å². The highest BCUT2D eigenvalue weighted by Crippen LogP contribution is 2.41. The van der Waals surface area contributed by atoms with Crippen LogP contribution in [0.5, 0.6) is 0 Å². The number of fused-ring (bicyclic) bond motifs is 3. The summed E-state index contributed by atoms with van der Waals surface area (Å²) in [5, 5.41) is 0. The molecule has 1 amide bonds. The number of rotatable bonds is 3. The molecule has 0 N–H and O–H groups in total. The molecule has 0 bridgehead atoms. The van der Waals surface area contributed by atoms with Gasteiger partial charge < -0.3 is 4.90 Å². The van der Waals surface area contributed by atoms with E-state index in [1.54, 1.807) is 60.7 Å². The molecule has 1 aromatic heterocycles.